The molecular formula is C21H27N3O6S2. The number of benzene rings is 2. The highest BCUT2D eigenvalue weighted by molar-refractivity contribution is 7.89. The van der Waals surface area contributed by atoms with Crippen molar-refractivity contribution in [2.75, 3.05) is 38.7 Å². The summed E-state index contributed by atoms with van der Waals surface area (Å²) in [6.45, 7) is 2.24. The minimum atomic E-state index is -3.74. The molecule has 3 rings (SSSR count). The number of amides is 1. The van der Waals surface area contributed by atoms with Gasteiger partial charge in [-0.1, -0.05) is 0 Å². The third kappa shape index (κ3) is 5.29. The second kappa shape index (κ2) is 9.57. The average Bonchev–Trinajstić information content (AvgIpc) is 2.76. The van der Waals surface area contributed by atoms with Gasteiger partial charge in [-0.3, -0.25) is 4.79 Å². The van der Waals surface area contributed by atoms with E-state index in [1.807, 2.05) is 0 Å². The van der Waals surface area contributed by atoms with Gasteiger partial charge in [-0.05, 0) is 60.9 Å². The number of nitrogens with one attached hydrogen (secondary N) is 1. The van der Waals surface area contributed by atoms with Crippen LogP contribution in [0, 0.1) is 0 Å². The van der Waals surface area contributed by atoms with Crippen LogP contribution in [0.3, 0.4) is 0 Å². The molecule has 1 amide bonds. The second-order valence-corrected chi connectivity index (χ2v) is 11.5. The van der Waals surface area contributed by atoms with Gasteiger partial charge in [0.05, 0.1) is 9.79 Å². The van der Waals surface area contributed by atoms with Crippen LogP contribution in [-0.2, 0) is 31.3 Å². The first kappa shape index (κ1) is 24.2. The fourth-order valence-electron chi connectivity index (χ4n) is 3.41. The van der Waals surface area contributed by atoms with Gasteiger partial charge in [0.25, 0.3) is 0 Å². The number of anilines is 1. The Morgan fingerprint density at radius 3 is 2.34 bits per heavy atom. The molecule has 0 saturated carbocycles. The van der Waals surface area contributed by atoms with Crippen LogP contribution in [0.2, 0.25) is 0 Å². The van der Waals surface area contributed by atoms with Crippen LogP contribution in [0.5, 0.6) is 5.75 Å². The highest BCUT2D eigenvalue weighted by atomic mass is 32.2. The molecule has 1 aliphatic heterocycles. The monoisotopic (exact) mass is 481 g/mol. The number of rotatable bonds is 8. The molecule has 1 heterocycles. The Balaban J connectivity index is 1.59. The number of ether oxygens (including phenoxy) is 1. The van der Waals surface area contributed by atoms with Gasteiger partial charge >= 0.3 is 0 Å². The maximum absolute atomic E-state index is 12.6. The van der Waals surface area contributed by atoms with Crippen LogP contribution in [0.15, 0.2) is 52.3 Å². The van der Waals surface area contributed by atoms with Crippen LogP contribution in [0.1, 0.15) is 18.9 Å². The Labute approximate surface area is 189 Å². The van der Waals surface area contributed by atoms with Crippen LogP contribution in [-0.4, -0.2) is 60.8 Å². The quantitative estimate of drug-likeness (QED) is 0.573. The summed E-state index contributed by atoms with van der Waals surface area (Å²) in [6, 6.07) is 10.7. The molecule has 174 valence electrons. The summed E-state index contributed by atoms with van der Waals surface area (Å²) in [5.41, 5.74) is 1.59. The molecule has 2 aromatic carbocycles. The summed E-state index contributed by atoms with van der Waals surface area (Å²) < 4.78 is 58.6. The van der Waals surface area contributed by atoms with Crippen molar-refractivity contribution >= 4 is 31.6 Å². The molecule has 1 aliphatic rings. The van der Waals surface area contributed by atoms with E-state index in [1.165, 1.54) is 51.4 Å². The van der Waals surface area contributed by atoms with E-state index < -0.39 is 20.0 Å². The lowest BCUT2D eigenvalue weighted by Crippen LogP contribution is -2.34. The zero-order valence-corrected chi connectivity index (χ0v) is 19.9. The molecular weight excluding hydrogens is 454 g/mol. The van der Waals surface area contributed by atoms with E-state index in [-0.39, 0.29) is 28.8 Å². The van der Waals surface area contributed by atoms with Gasteiger partial charge in [0, 0.05) is 39.8 Å². The zero-order valence-electron chi connectivity index (χ0n) is 18.2. The Bertz CT molecular complexity index is 1190. The van der Waals surface area contributed by atoms with Crippen molar-refractivity contribution in [3.63, 3.8) is 0 Å². The summed E-state index contributed by atoms with van der Waals surface area (Å²) in [4.78, 5) is 13.7. The Kier molecular flexibility index (Phi) is 7.23. The maximum atomic E-state index is 12.6. The minimum absolute atomic E-state index is 0.0384. The van der Waals surface area contributed by atoms with E-state index >= 15 is 0 Å². The molecule has 0 aliphatic carbocycles. The lowest BCUT2D eigenvalue weighted by Gasteiger charge is -2.28. The largest absolute Gasteiger partial charge is 0.492 e. The smallest absolute Gasteiger partial charge is 0.242 e. The molecule has 0 atom stereocenters. The first-order valence-electron chi connectivity index (χ1n) is 10.1. The highest BCUT2D eigenvalue weighted by Crippen LogP contribution is 2.29. The standard InChI is InChI=1S/C21H27N3O6S2/c1-16(25)24-13-4-5-17-15-20(10-11-21(17)24)31(26,27)22-12-14-30-18-6-8-19(9-7-18)32(28,29)23(2)3/h6-11,15,22H,4-5,12-14H2,1-3H3. The van der Waals surface area contributed by atoms with Gasteiger partial charge in [-0.25, -0.2) is 25.9 Å². The molecule has 11 heteroatoms. The van der Waals surface area contributed by atoms with Gasteiger partial charge in [0.2, 0.25) is 26.0 Å². The Morgan fingerprint density at radius 1 is 1.06 bits per heavy atom. The van der Waals surface area contributed by atoms with Crippen LogP contribution in [0.4, 0.5) is 5.69 Å². The average molecular weight is 482 g/mol. The first-order valence-corrected chi connectivity index (χ1v) is 13.0. The molecule has 2 aromatic rings. The highest BCUT2D eigenvalue weighted by Gasteiger charge is 2.23. The summed E-state index contributed by atoms with van der Waals surface area (Å²) in [6.07, 6.45) is 1.50. The van der Waals surface area contributed by atoms with Crippen molar-refractivity contribution < 1.29 is 26.4 Å². The number of hydrogen-bond acceptors (Lipinski definition) is 6. The number of carbonyl (C=O) groups excluding carboxylic acids is 1. The van der Waals surface area contributed by atoms with Crippen molar-refractivity contribution in [3.05, 3.63) is 48.0 Å². The van der Waals surface area contributed by atoms with Crippen molar-refractivity contribution in [2.45, 2.75) is 29.6 Å². The first-order chi connectivity index (χ1) is 15.0. The molecule has 0 radical (unpaired) electrons. The van der Waals surface area contributed by atoms with Crippen molar-refractivity contribution in [1.29, 1.82) is 0 Å². The van der Waals surface area contributed by atoms with Gasteiger partial charge in [-0.15, -0.1) is 0 Å². The van der Waals surface area contributed by atoms with Gasteiger partial charge in [-0.2, -0.15) is 0 Å². The predicted molar refractivity (Wildman–Crippen MR) is 121 cm³/mol. The molecule has 0 saturated heterocycles. The van der Waals surface area contributed by atoms with Crippen molar-refractivity contribution in [2.24, 2.45) is 0 Å². The molecule has 1 N–H and O–H groups in total. The number of nitrogens with zero attached hydrogens (tertiary/aromatic N) is 2. The number of carbonyl (C=O) groups is 1. The minimum Gasteiger partial charge on any atom is -0.492 e. The SMILES string of the molecule is CC(=O)N1CCCc2cc(S(=O)(=O)NCCOc3ccc(S(=O)(=O)N(C)C)cc3)ccc21. The zero-order chi connectivity index (χ0) is 23.5. The number of fused-ring (bicyclic) bond motifs is 1. The van der Waals surface area contributed by atoms with E-state index in [1.54, 1.807) is 17.0 Å². The maximum Gasteiger partial charge on any atom is 0.242 e. The van der Waals surface area contributed by atoms with Gasteiger partial charge in [0.15, 0.2) is 0 Å². The molecule has 0 fully saturated rings. The molecule has 32 heavy (non-hydrogen) atoms. The van der Waals surface area contributed by atoms with E-state index in [0.717, 1.165) is 22.0 Å². The van der Waals surface area contributed by atoms with Crippen LogP contribution in [0.25, 0.3) is 0 Å². The van der Waals surface area contributed by atoms with Gasteiger partial charge < -0.3 is 9.64 Å². The molecule has 0 bridgehead atoms. The Hall–Kier alpha value is -2.47. The molecule has 0 spiro atoms. The van der Waals surface area contributed by atoms with Crippen LogP contribution < -0.4 is 14.4 Å². The summed E-state index contributed by atoms with van der Waals surface area (Å²) >= 11 is 0. The topological polar surface area (TPSA) is 113 Å². The van der Waals surface area contributed by atoms with E-state index in [9.17, 15) is 21.6 Å². The summed E-state index contributed by atoms with van der Waals surface area (Å²) in [5, 5.41) is 0. The molecule has 0 unspecified atom stereocenters. The fourth-order valence-corrected chi connectivity index (χ4v) is 5.38. The van der Waals surface area contributed by atoms with Crippen LogP contribution >= 0.6 is 0 Å². The van der Waals surface area contributed by atoms with E-state index in [4.69, 9.17) is 4.74 Å². The lowest BCUT2D eigenvalue weighted by molar-refractivity contribution is -0.116. The van der Waals surface area contributed by atoms with E-state index in [2.05, 4.69) is 4.72 Å². The molecule has 0 aromatic heterocycles. The number of aryl methyl sites for hydroxylation is 1. The van der Waals surface area contributed by atoms with Crippen molar-refractivity contribution in [3.8, 4) is 5.75 Å². The third-order valence-electron chi connectivity index (χ3n) is 5.13. The lowest BCUT2D eigenvalue weighted by atomic mass is 10.0. The van der Waals surface area contributed by atoms with Crippen molar-refractivity contribution in [1.82, 2.24) is 9.03 Å². The summed E-state index contributed by atoms with van der Waals surface area (Å²) in [7, 11) is -4.35. The van der Waals surface area contributed by atoms with Gasteiger partial charge in [0.1, 0.15) is 12.4 Å². The molecule has 9 nitrogen and oxygen atoms in total. The normalized spacial score (nSPS) is 14.3. The summed E-state index contributed by atoms with van der Waals surface area (Å²) in [5.74, 6) is 0.365. The fraction of sp³-hybridized carbons (Fsp3) is 0.381. The van der Waals surface area contributed by atoms with E-state index in [0.29, 0.717) is 18.7 Å². The number of hydrogen-bond donors (Lipinski definition) is 1. The third-order valence-corrected chi connectivity index (χ3v) is 8.41. The Morgan fingerprint density at radius 2 is 1.72 bits per heavy atom. The number of sulfonamides is 2. The second-order valence-electron chi connectivity index (χ2n) is 7.57. The predicted octanol–water partition coefficient (Wildman–Crippen LogP) is 1.59.